The molecule has 0 aromatic carbocycles. The number of hydrogen-bond donors (Lipinski definition) is 1. The average Bonchev–Trinajstić information content (AvgIpc) is 2.37. The van der Waals surface area contributed by atoms with Gasteiger partial charge in [0, 0.05) is 0 Å². The standard InChI is InChI=1S/C17H31NO7/c1-11(19)9-10-12(13(20)23-8)18(14(21)24-16(2,3)4)15(22)25-17(5,6)7/h11-12,19H,9-10H2,1-8H3/t11?,12-/m0/s1. The molecule has 0 aromatic rings. The summed E-state index contributed by atoms with van der Waals surface area (Å²) in [4.78, 5) is 37.8. The fraction of sp³-hybridized carbons (Fsp3) is 0.824. The lowest BCUT2D eigenvalue weighted by molar-refractivity contribution is -0.147. The lowest BCUT2D eigenvalue weighted by atomic mass is 10.1. The summed E-state index contributed by atoms with van der Waals surface area (Å²) >= 11 is 0. The first-order valence-electron chi connectivity index (χ1n) is 8.19. The van der Waals surface area contributed by atoms with Gasteiger partial charge in [0.15, 0.2) is 0 Å². The molecule has 0 rings (SSSR count). The van der Waals surface area contributed by atoms with Gasteiger partial charge in [-0.2, -0.15) is 4.90 Å². The molecule has 25 heavy (non-hydrogen) atoms. The largest absolute Gasteiger partial charge is 0.467 e. The first-order valence-corrected chi connectivity index (χ1v) is 8.19. The molecule has 1 unspecified atom stereocenters. The molecule has 146 valence electrons. The number of aliphatic hydroxyl groups is 1. The molecule has 0 bridgehead atoms. The van der Waals surface area contributed by atoms with Crippen LogP contribution in [0.3, 0.4) is 0 Å². The summed E-state index contributed by atoms with van der Waals surface area (Å²) < 4.78 is 15.2. The van der Waals surface area contributed by atoms with Crippen LogP contribution in [0.5, 0.6) is 0 Å². The van der Waals surface area contributed by atoms with Gasteiger partial charge in [-0.1, -0.05) is 0 Å². The second-order valence-electron chi connectivity index (χ2n) is 7.80. The van der Waals surface area contributed by atoms with E-state index in [2.05, 4.69) is 0 Å². The van der Waals surface area contributed by atoms with E-state index in [-0.39, 0.29) is 12.8 Å². The Morgan fingerprint density at radius 3 is 1.60 bits per heavy atom. The third-order valence-corrected chi connectivity index (χ3v) is 2.82. The molecule has 0 fully saturated rings. The molecule has 0 aliphatic carbocycles. The number of aliphatic hydroxyl groups excluding tert-OH is 1. The van der Waals surface area contributed by atoms with E-state index in [1.165, 1.54) is 0 Å². The van der Waals surface area contributed by atoms with Gasteiger partial charge in [0.25, 0.3) is 0 Å². The number of rotatable bonds is 5. The first kappa shape index (κ1) is 23.2. The van der Waals surface area contributed by atoms with Gasteiger partial charge in [0.2, 0.25) is 0 Å². The van der Waals surface area contributed by atoms with E-state index in [0.717, 1.165) is 7.11 Å². The van der Waals surface area contributed by atoms with Crippen LogP contribution in [0.2, 0.25) is 0 Å². The Bertz CT molecular complexity index is 446. The maximum absolute atomic E-state index is 12.5. The molecular weight excluding hydrogens is 330 g/mol. The average molecular weight is 361 g/mol. The van der Waals surface area contributed by atoms with E-state index in [1.54, 1.807) is 48.5 Å². The van der Waals surface area contributed by atoms with Crippen molar-refractivity contribution in [1.82, 2.24) is 4.90 Å². The molecule has 0 saturated carbocycles. The van der Waals surface area contributed by atoms with Crippen molar-refractivity contribution < 1.29 is 33.7 Å². The minimum absolute atomic E-state index is 0.0167. The summed E-state index contributed by atoms with van der Waals surface area (Å²) in [5, 5.41) is 9.48. The van der Waals surface area contributed by atoms with E-state index >= 15 is 0 Å². The van der Waals surface area contributed by atoms with Gasteiger partial charge in [0.05, 0.1) is 13.2 Å². The number of methoxy groups -OCH3 is 1. The molecule has 0 spiro atoms. The summed E-state index contributed by atoms with van der Waals surface area (Å²) in [6, 6.07) is -1.26. The Balaban J connectivity index is 5.72. The van der Waals surface area contributed by atoms with Crippen LogP contribution in [-0.4, -0.2) is 58.6 Å². The maximum Gasteiger partial charge on any atom is 0.420 e. The van der Waals surface area contributed by atoms with Crippen molar-refractivity contribution in [3.63, 3.8) is 0 Å². The zero-order chi connectivity index (χ0) is 20.0. The highest BCUT2D eigenvalue weighted by molar-refractivity contribution is 5.94. The molecule has 0 aliphatic rings. The molecule has 1 N–H and O–H groups in total. The van der Waals surface area contributed by atoms with Crippen molar-refractivity contribution in [1.29, 1.82) is 0 Å². The lowest BCUT2D eigenvalue weighted by Crippen LogP contribution is -2.52. The summed E-state index contributed by atoms with van der Waals surface area (Å²) in [6.45, 7) is 11.4. The molecule has 0 aromatic heterocycles. The van der Waals surface area contributed by atoms with Crippen molar-refractivity contribution in [3.8, 4) is 0 Å². The van der Waals surface area contributed by atoms with Crippen molar-refractivity contribution >= 4 is 18.2 Å². The minimum Gasteiger partial charge on any atom is -0.467 e. The molecule has 0 heterocycles. The summed E-state index contributed by atoms with van der Waals surface area (Å²) in [5.41, 5.74) is -1.75. The highest BCUT2D eigenvalue weighted by Crippen LogP contribution is 2.20. The molecule has 2 amide bonds. The lowest BCUT2D eigenvalue weighted by Gasteiger charge is -2.32. The molecule has 8 nitrogen and oxygen atoms in total. The van der Waals surface area contributed by atoms with Gasteiger partial charge in [-0.25, -0.2) is 14.4 Å². The Hall–Kier alpha value is -1.83. The molecular formula is C17H31NO7. The van der Waals surface area contributed by atoms with Gasteiger partial charge in [-0.05, 0) is 61.3 Å². The predicted octanol–water partition coefficient (Wildman–Crippen LogP) is 2.86. The number of carbonyl (C=O) groups excluding carboxylic acids is 3. The Morgan fingerprint density at radius 1 is 0.920 bits per heavy atom. The number of amides is 2. The van der Waals surface area contributed by atoms with Crippen LogP contribution < -0.4 is 0 Å². The maximum atomic E-state index is 12.5. The van der Waals surface area contributed by atoms with E-state index in [9.17, 15) is 19.5 Å². The third-order valence-electron chi connectivity index (χ3n) is 2.82. The van der Waals surface area contributed by atoms with Crippen LogP contribution in [0.15, 0.2) is 0 Å². The van der Waals surface area contributed by atoms with Gasteiger partial charge < -0.3 is 19.3 Å². The zero-order valence-corrected chi connectivity index (χ0v) is 16.4. The predicted molar refractivity (Wildman–Crippen MR) is 91.0 cm³/mol. The van der Waals surface area contributed by atoms with E-state index in [1.807, 2.05) is 0 Å². The molecule has 2 atom stereocenters. The van der Waals surface area contributed by atoms with Crippen molar-refractivity contribution in [2.24, 2.45) is 0 Å². The zero-order valence-electron chi connectivity index (χ0n) is 16.4. The molecule has 0 aliphatic heterocycles. The number of ether oxygens (including phenoxy) is 3. The Morgan fingerprint density at radius 2 is 1.32 bits per heavy atom. The molecule has 0 radical (unpaired) electrons. The van der Waals surface area contributed by atoms with Gasteiger partial charge >= 0.3 is 18.2 Å². The monoisotopic (exact) mass is 361 g/mol. The number of esters is 1. The summed E-state index contributed by atoms with van der Waals surface area (Å²) in [5.74, 6) is -0.794. The van der Waals surface area contributed by atoms with Crippen LogP contribution in [-0.2, 0) is 19.0 Å². The fourth-order valence-corrected chi connectivity index (χ4v) is 1.84. The smallest absolute Gasteiger partial charge is 0.420 e. The van der Waals surface area contributed by atoms with Gasteiger partial charge in [-0.15, -0.1) is 0 Å². The van der Waals surface area contributed by atoms with Gasteiger partial charge in [-0.3, -0.25) is 0 Å². The third kappa shape index (κ3) is 9.28. The Kier molecular flexibility index (Phi) is 8.37. The van der Waals surface area contributed by atoms with E-state index < -0.39 is 41.5 Å². The van der Waals surface area contributed by atoms with Crippen LogP contribution in [0.4, 0.5) is 9.59 Å². The van der Waals surface area contributed by atoms with Crippen LogP contribution in [0, 0.1) is 0 Å². The second kappa shape index (κ2) is 9.03. The normalized spacial score (nSPS) is 14.3. The molecule has 8 heteroatoms. The SMILES string of the molecule is COC(=O)[C@H](CCC(C)O)N(C(=O)OC(C)(C)C)C(=O)OC(C)(C)C. The van der Waals surface area contributed by atoms with Crippen molar-refractivity contribution in [3.05, 3.63) is 0 Å². The van der Waals surface area contributed by atoms with Crippen LogP contribution in [0.1, 0.15) is 61.3 Å². The molecule has 0 saturated heterocycles. The van der Waals surface area contributed by atoms with Gasteiger partial charge in [0.1, 0.15) is 17.2 Å². The second-order valence-corrected chi connectivity index (χ2v) is 7.80. The minimum atomic E-state index is -1.26. The summed E-state index contributed by atoms with van der Waals surface area (Å²) in [6.07, 6.45) is -2.54. The number of nitrogens with zero attached hydrogens (tertiary/aromatic N) is 1. The highest BCUT2D eigenvalue weighted by atomic mass is 16.6. The van der Waals surface area contributed by atoms with E-state index in [0.29, 0.717) is 4.90 Å². The number of imide groups is 1. The number of carbonyl (C=O) groups is 3. The fourth-order valence-electron chi connectivity index (χ4n) is 1.84. The van der Waals surface area contributed by atoms with Crippen LogP contribution >= 0.6 is 0 Å². The number of hydrogen-bond acceptors (Lipinski definition) is 7. The van der Waals surface area contributed by atoms with E-state index in [4.69, 9.17) is 14.2 Å². The van der Waals surface area contributed by atoms with Crippen molar-refractivity contribution in [2.75, 3.05) is 7.11 Å². The van der Waals surface area contributed by atoms with Crippen molar-refractivity contribution in [2.45, 2.75) is 84.7 Å². The topological polar surface area (TPSA) is 102 Å². The van der Waals surface area contributed by atoms with Crippen LogP contribution in [0.25, 0.3) is 0 Å². The highest BCUT2D eigenvalue weighted by Gasteiger charge is 2.40. The Labute approximate surface area is 149 Å². The first-order chi connectivity index (χ1) is 11.2. The quantitative estimate of drug-likeness (QED) is 0.593. The summed E-state index contributed by atoms with van der Waals surface area (Å²) in [7, 11) is 1.15.